The van der Waals surface area contributed by atoms with Crippen molar-refractivity contribution in [1.82, 2.24) is 0 Å². The zero-order valence-electron chi connectivity index (χ0n) is 11.6. The zero-order valence-corrected chi connectivity index (χ0v) is 11.6. The minimum atomic E-state index is -0.124. The third-order valence-electron chi connectivity index (χ3n) is 3.44. The van der Waals surface area contributed by atoms with Crippen molar-refractivity contribution in [3.8, 4) is 5.75 Å². The molecule has 2 heteroatoms. The molecule has 2 aromatic carbocycles. The highest BCUT2D eigenvalue weighted by Gasteiger charge is 2.16. The lowest BCUT2D eigenvalue weighted by Gasteiger charge is -2.08. The van der Waals surface area contributed by atoms with Crippen molar-refractivity contribution in [3.05, 3.63) is 90.0 Å². The predicted molar refractivity (Wildman–Crippen MR) is 83.3 cm³/mol. The van der Waals surface area contributed by atoms with E-state index in [2.05, 4.69) is 0 Å². The Morgan fingerprint density at radius 3 is 2.24 bits per heavy atom. The highest BCUT2D eigenvalue weighted by Crippen LogP contribution is 2.19. The molecule has 3 rings (SSSR count). The van der Waals surface area contributed by atoms with Crippen LogP contribution in [0, 0.1) is 5.92 Å². The van der Waals surface area contributed by atoms with Crippen molar-refractivity contribution in [2.45, 2.75) is 6.61 Å². The Bertz CT molecular complexity index is 654. The highest BCUT2D eigenvalue weighted by molar-refractivity contribution is 6.00. The van der Waals surface area contributed by atoms with Crippen LogP contribution in [0.1, 0.15) is 15.9 Å². The molecule has 0 spiro atoms. The number of allylic oxidation sites excluding steroid dienone is 4. The molecular formula is C19H16O2. The summed E-state index contributed by atoms with van der Waals surface area (Å²) in [4.78, 5) is 12.2. The van der Waals surface area contributed by atoms with Crippen LogP contribution in [0.3, 0.4) is 0 Å². The van der Waals surface area contributed by atoms with Gasteiger partial charge in [0.1, 0.15) is 12.4 Å². The van der Waals surface area contributed by atoms with Gasteiger partial charge in [0.15, 0.2) is 5.78 Å². The molecule has 104 valence electrons. The van der Waals surface area contributed by atoms with Gasteiger partial charge in [-0.15, -0.1) is 0 Å². The first kappa shape index (κ1) is 13.4. The fraction of sp³-hybridized carbons (Fsp3) is 0.105. The van der Waals surface area contributed by atoms with Gasteiger partial charge in [-0.25, -0.2) is 0 Å². The minimum absolute atomic E-state index is 0.120. The van der Waals surface area contributed by atoms with Crippen LogP contribution in [0.2, 0.25) is 0 Å². The molecule has 0 unspecified atom stereocenters. The molecule has 2 nitrogen and oxygen atoms in total. The predicted octanol–water partition coefficient (Wildman–Crippen LogP) is 4.19. The number of hydrogen-bond donors (Lipinski definition) is 0. The molecule has 0 radical (unpaired) electrons. The molecule has 0 bridgehead atoms. The standard InChI is InChI=1S/C19H16O2/c20-19(16-8-4-5-9-16)17-10-12-18(13-11-17)21-14-15-6-2-1-3-7-15/h1-13,16H,14H2. The first-order valence-corrected chi connectivity index (χ1v) is 6.99. The molecule has 0 N–H and O–H groups in total. The molecule has 21 heavy (non-hydrogen) atoms. The Morgan fingerprint density at radius 1 is 0.905 bits per heavy atom. The molecule has 1 aliphatic carbocycles. The van der Waals surface area contributed by atoms with Crippen LogP contribution in [0.25, 0.3) is 0 Å². The maximum Gasteiger partial charge on any atom is 0.173 e. The number of ether oxygens (including phenoxy) is 1. The molecule has 0 atom stereocenters. The molecular weight excluding hydrogens is 260 g/mol. The van der Waals surface area contributed by atoms with E-state index in [0.29, 0.717) is 12.2 Å². The van der Waals surface area contributed by atoms with E-state index in [1.807, 2.05) is 78.9 Å². The van der Waals surface area contributed by atoms with Gasteiger partial charge in [-0.2, -0.15) is 0 Å². The van der Waals surface area contributed by atoms with E-state index in [0.717, 1.165) is 11.3 Å². The van der Waals surface area contributed by atoms with Crippen LogP contribution in [0.15, 0.2) is 78.9 Å². The third-order valence-corrected chi connectivity index (χ3v) is 3.44. The lowest BCUT2D eigenvalue weighted by Crippen LogP contribution is -2.08. The maximum absolute atomic E-state index is 12.2. The van der Waals surface area contributed by atoms with Crippen LogP contribution in [-0.4, -0.2) is 5.78 Å². The van der Waals surface area contributed by atoms with Gasteiger partial charge in [-0.1, -0.05) is 54.6 Å². The molecule has 0 saturated carbocycles. The number of carbonyl (C=O) groups excluding carboxylic acids is 1. The summed E-state index contributed by atoms with van der Waals surface area (Å²) in [5, 5.41) is 0. The number of benzene rings is 2. The second kappa shape index (κ2) is 6.23. The molecule has 0 fully saturated rings. The summed E-state index contributed by atoms with van der Waals surface area (Å²) in [5.41, 5.74) is 1.84. The second-order valence-corrected chi connectivity index (χ2v) is 4.96. The molecule has 0 heterocycles. The summed E-state index contributed by atoms with van der Waals surface area (Å²) >= 11 is 0. The average molecular weight is 276 g/mol. The van der Waals surface area contributed by atoms with E-state index in [1.54, 1.807) is 0 Å². The van der Waals surface area contributed by atoms with Crippen LogP contribution in [-0.2, 0) is 6.61 Å². The van der Waals surface area contributed by atoms with Gasteiger partial charge in [-0.3, -0.25) is 4.79 Å². The fourth-order valence-corrected chi connectivity index (χ4v) is 2.26. The Hall–Kier alpha value is -2.61. The smallest absolute Gasteiger partial charge is 0.173 e. The largest absolute Gasteiger partial charge is 0.489 e. The van der Waals surface area contributed by atoms with E-state index < -0.39 is 0 Å². The van der Waals surface area contributed by atoms with Crippen molar-refractivity contribution in [2.24, 2.45) is 5.92 Å². The minimum Gasteiger partial charge on any atom is -0.489 e. The Kier molecular flexibility index (Phi) is 3.97. The molecule has 2 aromatic rings. The maximum atomic E-state index is 12.2. The molecule has 0 aliphatic heterocycles. The number of hydrogen-bond acceptors (Lipinski definition) is 2. The monoisotopic (exact) mass is 276 g/mol. The van der Waals surface area contributed by atoms with Crippen LogP contribution in [0.5, 0.6) is 5.75 Å². The van der Waals surface area contributed by atoms with Gasteiger partial charge in [-0.05, 0) is 29.8 Å². The van der Waals surface area contributed by atoms with Crippen LogP contribution >= 0.6 is 0 Å². The molecule has 1 aliphatic rings. The van der Waals surface area contributed by atoms with Gasteiger partial charge in [0.2, 0.25) is 0 Å². The number of ketones is 1. The first-order valence-electron chi connectivity index (χ1n) is 6.99. The zero-order chi connectivity index (χ0) is 14.5. The van der Waals surface area contributed by atoms with E-state index in [1.165, 1.54) is 0 Å². The van der Waals surface area contributed by atoms with Crippen molar-refractivity contribution in [3.63, 3.8) is 0 Å². The second-order valence-electron chi connectivity index (χ2n) is 4.96. The van der Waals surface area contributed by atoms with Crippen molar-refractivity contribution in [2.75, 3.05) is 0 Å². The molecule has 0 aromatic heterocycles. The Morgan fingerprint density at radius 2 is 1.57 bits per heavy atom. The average Bonchev–Trinajstić information content (AvgIpc) is 3.08. The third kappa shape index (κ3) is 3.29. The summed E-state index contributed by atoms with van der Waals surface area (Å²) < 4.78 is 5.71. The summed E-state index contributed by atoms with van der Waals surface area (Å²) in [6.07, 6.45) is 7.62. The highest BCUT2D eigenvalue weighted by atomic mass is 16.5. The summed E-state index contributed by atoms with van der Waals surface area (Å²) in [6, 6.07) is 17.3. The Labute approximate surface area is 124 Å². The number of carbonyl (C=O) groups is 1. The van der Waals surface area contributed by atoms with Crippen molar-refractivity contribution in [1.29, 1.82) is 0 Å². The lowest BCUT2D eigenvalue weighted by molar-refractivity contribution is 0.0966. The van der Waals surface area contributed by atoms with E-state index in [4.69, 9.17) is 4.74 Å². The van der Waals surface area contributed by atoms with Crippen LogP contribution < -0.4 is 4.74 Å². The number of rotatable bonds is 5. The van der Waals surface area contributed by atoms with Gasteiger partial charge in [0, 0.05) is 5.56 Å². The van der Waals surface area contributed by atoms with Gasteiger partial charge < -0.3 is 4.74 Å². The van der Waals surface area contributed by atoms with Crippen molar-refractivity contribution >= 4 is 5.78 Å². The summed E-state index contributed by atoms with van der Waals surface area (Å²) in [6.45, 7) is 0.530. The molecule has 0 amide bonds. The van der Waals surface area contributed by atoms with Crippen molar-refractivity contribution < 1.29 is 9.53 Å². The quantitative estimate of drug-likeness (QED) is 0.765. The van der Waals surface area contributed by atoms with E-state index in [-0.39, 0.29) is 11.7 Å². The molecule has 0 saturated heterocycles. The normalized spacial score (nSPS) is 13.5. The number of Topliss-reactive ketones (excluding diaryl/α,β-unsaturated/α-hetero) is 1. The SMILES string of the molecule is O=C(c1ccc(OCc2ccccc2)cc1)C1C=CC=C1. The topological polar surface area (TPSA) is 26.3 Å². The van der Waals surface area contributed by atoms with Gasteiger partial charge in [0.25, 0.3) is 0 Å². The summed E-state index contributed by atoms with van der Waals surface area (Å²) in [7, 11) is 0. The Balaban J connectivity index is 1.63. The van der Waals surface area contributed by atoms with E-state index >= 15 is 0 Å². The van der Waals surface area contributed by atoms with Crippen LogP contribution in [0.4, 0.5) is 0 Å². The summed E-state index contributed by atoms with van der Waals surface area (Å²) in [5.74, 6) is 0.767. The van der Waals surface area contributed by atoms with E-state index in [9.17, 15) is 4.79 Å². The van der Waals surface area contributed by atoms with Gasteiger partial charge >= 0.3 is 0 Å². The first-order chi connectivity index (χ1) is 10.3. The van der Waals surface area contributed by atoms with Gasteiger partial charge in [0.05, 0.1) is 5.92 Å². The fourth-order valence-electron chi connectivity index (χ4n) is 2.26. The lowest BCUT2D eigenvalue weighted by atomic mass is 9.99.